The highest BCUT2D eigenvalue weighted by atomic mass is 16.5. The van der Waals surface area contributed by atoms with Gasteiger partial charge in [0.2, 0.25) is 0 Å². The van der Waals surface area contributed by atoms with Gasteiger partial charge in [-0.25, -0.2) is 0 Å². The standard InChI is InChI=1S/C18H28N2O3/c1-4-21-16-8-14-7-13(2)23-18(14)15(9-16)10-19-11-17-12-20(3)5-6-22-17/h8-9,13,17,19H,4-7,10-12H2,1-3H3. The van der Waals surface area contributed by atoms with Crippen LogP contribution in [0.3, 0.4) is 0 Å². The third-order valence-corrected chi connectivity index (χ3v) is 4.38. The predicted octanol–water partition coefficient (Wildman–Crippen LogP) is 1.83. The predicted molar refractivity (Wildman–Crippen MR) is 90.3 cm³/mol. The Bertz CT molecular complexity index is 535. The van der Waals surface area contributed by atoms with Gasteiger partial charge in [-0.05, 0) is 33.0 Å². The molecule has 23 heavy (non-hydrogen) atoms. The first-order valence-electron chi connectivity index (χ1n) is 8.61. The number of rotatable bonds is 6. The van der Waals surface area contributed by atoms with E-state index in [9.17, 15) is 0 Å². The van der Waals surface area contributed by atoms with Crippen LogP contribution >= 0.6 is 0 Å². The van der Waals surface area contributed by atoms with Gasteiger partial charge < -0.3 is 24.4 Å². The first kappa shape index (κ1) is 16.6. The highest BCUT2D eigenvalue weighted by molar-refractivity contribution is 5.49. The third kappa shape index (κ3) is 4.16. The zero-order valence-corrected chi connectivity index (χ0v) is 14.4. The van der Waals surface area contributed by atoms with E-state index in [0.29, 0.717) is 6.61 Å². The minimum absolute atomic E-state index is 0.246. The number of nitrogens with zero attached hydrogens (tertiary/aromatic N) is 1. The zero-order chi connectivity index (χ0) is 16.2. The lowest BCUT2D eigenvalue weighted by molar-refractivity contribution is -0.0182. The maximum absolute atomic E-state index is 6.00. The highest BCUT2D eigenvalue weighted by Gasteiger charge is 2.24. The quantitative estimate of drug-likeness (QED) is 0.866. The molecule has 5 heteroatoms. The van der Waals surface area contributed by atoms with Crippen LogP contribution in [0.1, 0.15) is 25.0 Å². The summed E-state index contributed by atoms with van der Waals surface area (Å²) < 4.78 is 17.5. The van der Waals surface area contributed by atoms with Crippen molar-refractivity contribution < 1.29 is 14.2 Å². The molecule has 0 amide bonds. The van der Waals surface area contributed by atoms with E-state index in [1.807, 2.05) is 6.92 Å². The molecule has 0 aromatic heterocycles. The van der Waals surface area contributed by atoms with E-state index in [-0.39, 0.29) is 12.2 Å². The Morgan fingerprint density at radius 1 is 1.39 bits per heavy atom. The van der Waals surface area contributed by atoms with Crippen molar-refractivity contribution in [1.82, 2.24) is 10.2 Å². The second-order valence-corrected chi connectivity index (χ2v) is 6.52. The van der Waals surface area contributed by atoms with Crippen LogP contribution in [0.2, 0.25) is 0 Å². The van der Waals surface area contributed by atoms with Crippen molar-refractivity contribution in [2.75, 3.05) is 39.9 Å². The van der Waals surface area contributed by atoms with E-state index in [1.54, 1.807) is 0 Å². The van der Waals surface area contributed by atoms with Crippen molar-refractivity contribution in [3.8, 4) is 11.5 Å². The number of ether oxygens (including phenoxy) is 3. The van der Waals surface area contributed by atoms with Gasteiger partial charge in [-0.15, -0.1) is 0 Å². The molecule has 128 valence electrons. The van der Waals surface area contributed by atoms with Gasteiger partial charge in [0.15, 0.2) is 0 Å². The molecule has 2 unspecified atom stereocenters. The van der Waals surface area contributed by atoms with Gasteiger partial charge in [-0.3, -0.25) is 0 Å². The van der Waals surface area contributed by atoms with Crippen molar-refractivity contribution >= 4 is 0 Å². The minimum Gasteiger partial charge on any atom is -0.494 e. The smallest absolute Gasteiger partial charge is 0.127 e. The number of nitrogens with one attached hydrogen (secondary N) is 1. The Labute approximate surface area is 138 Å². The Morgan fingerprint density at radius 2 is 2.26 bits per heavy atom. The molecule has 1 aromatic carbocycles. The fraction of sp³-hybridized carbons (Fsp3) is 0.667. The van der Waals surface area contributed by atoms with Gasteiger partial charge in [-0.2, -0.15) is 0 Å². The summed E-state index contributed by atoms with van der Waals surface area (Å²) >= 11 is 0. The first-order valence-corrected chi connectivity index (χ1v) is 8.61. The lowest BCUT2D eigenvalue weighted by atomic mass is 10.1. The number of fused-ring (bicyclic) bond motifs is 1. The largest absolute Gasteiger partial charge is 0.494 e. The van der Waals surface area contributed by atoms with E-state index in [2.05, 4.69) is 36.3 Å². The van der Waals surface area contributed by atoms with Crippen LogP contribution in [0.15, 0.2) is 12.1 Å². The Morgan fingerprint density at radius 3 is 3.04 bits per heavy atom. The van der Waals surface area contributed by atoms with E-state index >= 15 is 0 Å². The first-order chi connectivity index (χ1) is 11.2. The summed E-state index contributed by atoms with van der Waals surface area (Å²) in [6.07, 6.45) is 1.47. The number of morpholine rings is 1. The maximum atomic E-state index is 6.00. The van der Waals surface area contributed by atoms with Crippen molar-refractivity contribution in [3.05, 3.63) is 23.3 Å². The van der Waals surface area contributed by atoms with E-state index in [1.165, 1.54) is 11.1 Å². The van der Waals surface area contributed by atoms with E-state index in [0.717, 1.165) is 50.7 Å². The summed E-state index contributed by atoms with van der Waals surface area (Å²) in [4.78, 5) is 2.31. The number of hydrogen-bond donors (Lipinski definition) is 1. The highest BCUT2D eigenvalue weighted by Crippen LogP contribution is 2.36. The van der Waals surface area contributed by atoms with Crippen LogP contribution in [0, 0.1) is 0 Å². The maximum Gasteiger partial charge on any atom is 0.127 e. The summed E-state index contributed by atoms with van der Waals surface area (Å²) in [5, 5.41) is 3.52. The number of likely N-dealkylation sites (N-methyl/N-ethyl adjacent to an activating group) is 1. The lowest BCUT2D eigenvalue weighted by Crippen LogP contribution is -2.44. The van der Waals surface area contributed by atoms with Crippen LogP contribution in [-0.4, -0.2) is 57.0 Å². The molecule has 1 saturated heterocycles. The molecule has 1 N–H and O–H groups in total. The summed E-state index contributed by atoms with van der Waals surface area (Å²) in [7, 11) is 2.14. The molecule has 2 atom stereocenters. The SMILES string of the molecule is CCOc1cc(CNCC2CN(C)CCO2)c2c(c1)CC(C)O2. The zero-order valence-electron chi connectivity index (χ0n) is 14.4. The minimum atomic E-state index is 0.246. The summed E-state index contributed by atoms with van der Waals surface area (Å²) in [6.45, 7) is 9.27. The number of benzene rings is 1. The Balaban J connectivity index is 1.62. The number of hydrogen-bond acceptors (Lipinski definition) is 5. The molecular formula is C18H28N2O3. The molecular weight excluding hydrogens is 292 g/mol. The molecule has 1 fully saturated rings. The average molecular weight is 320 g/mol. The molecule has 0 saturated carbocycles. The monoisotopic (exact) mass is 320 g/mol. The molecule has 2 heterocycles. The second-order valence-electron chi connectivity index (χ2n) is 6.52. The fourth-order valence-corrected chi connectivity index (χ4v) is 3.32. The molecule has 2 aliphatic rings. The third-order valence-electron chi connectivity index (χ3n) is 4.38. The van der Waals surface area contributed by atoms with Gasteiger partial charge in [-0.1, -0.05) is 0 Å². The van der Waals surface area contributed by atoms with Gasteiger partial charge in [0.25, 0.3) is 0 Å². The van der Waals surface area contributed by atoms with Crippen molar-refractivity contribution in [1.29, 1.82) is 0 Å². The normalized spacial score (nSPS) is 24.3. The molecule has 0 spiro atoms. The van der Waals surface area contributed by atoms with E-state index in [4.69, 9.17) is 14.2 Å². The summed E-state index contributed by atoms with van der Waals surface area (Å²) in [6, 6.07) is 4.21. The summed E-state index contributed by atoms with van der Waals surface area (Å²) in [5.41, 5.74) is 2.44. The molecule has 3 rings (SSSR count). The molecule has 1 aromatic rings. The van der Waals surface area contributed by atoms with Gasteiger partial charge >= 0.3 is 0 Å². The molecule has 0 radical (unpaired) electrons. The van der Waals surface area contributed by atoms with Crippen LogP contribution in [0.25, 0.3) is 0 Å². The molecule has 0 aliphatic carbocycles. The molecule has 2 aliphatic heterocycles. The van der Waals surface area contributed by atoms with Crippen LogP contribution < -0.4 is 14.8 Å². The summed E-state index contributed by atoms with van der Waals surface area (Å²) in [5.74, 6) is 1.98. The van der Waals surface area contributed by atoms with Crippen LogP contribution in [0.5, 0.6) is 11.5 Å². The topological polar surface area (TPSA) is 43.0 Å². The van der Waals surface area contributed by atoms with E-state index < -0.39 is 0 Å². The average Bonchev–Trinajstić information content (AvgIpc) is 2.88. The van der Waals surface area contributed by atoms with Gasteiger partial charge in [0, 0.05) is 43.7 Å². The molecule has 0 bridgehead atoms. The lowest BCUT2D eigenvalue weighted by Gasteiger charge is -2.30. The fourth-order valence-electron chi connectivity index (χ4n) is 3.32. The van der Waals surface area contributed by atoms with Crippen LogP contribution in [-0.2, 0) is 17.7 Å². The Kier molecular flexibility index (Phi) is 5.41. The van der Waals surface area contributed by atoms with Gasteiger partial charge in [0.05, 0.1) is 19.3 Å². The van der Waals surface area contributed by atoms with Crippen molar-refractivity contribution in [2.24, 2.45) is 0 Å². The second kappa shape index (κ2) is 7.51. The van der Waals surface area contributed by atoms with Gasteiger partial charge in [0.1, 0.15) is 17.6 Å². The Hall–Kier alpha value is -1.30. The van der Waals surface area contributed by atoms with Crippen molar-refractivity contribution in [2.45, 2.75) is 39.0 Å². The molecule has 5 nitrogen and oxygen atoms in total. The van der Waals surface area contributed by atoms with Crippen molar-refractivity contribution in [3.63, 3.8) is 0 Å². The van der Waals surface area contributed by atoms with Crippen LogP contribution in [0.4, 0.5) is 0 Å².